The summed E-state index contributed by atoms with van der Waals surface area (Å²) in [6.45, 7) is 5.05. The van der Waals surface area contributed by atoms with Gasteiger partial charge < -0.3 is 10.6 Å². The second-order valence-electron chi connectivity index (χ2n) is 4.18. The van der Waals surface area contributed by atoms with Crippen LogP contribution < -0.4 is 5.73 Å². The summed E-state index contributed by atoms with van der Waals surface area (Å²) in [5, 5.41) is 0.696. The van der Waals surface area contributed by atoms with Crippen LogP contribution in [-0.4, -0.2) is 64.2 Å². The quantitative estimate of drug-likeness (QED) is 0.757. The van der Waals surface area contributed by atoms with Crippen molar-refractivity contribution in [3.05, 3.63) is 5.82 Å². The van der Waals surface area contributed by atoms with E-state index in [0.717, 1.165) is 38.5 Å². The molecule has 6 nitrogen and oxygen atoms in total. The lowest BCUT2D eigenvalue weighted by atomic mass is 10.3. The molecule has 0 saturated carbocycles. The molecule has 1 aliphatic rings. The maximum atomic E-state index is 5.66. The van der Waals surface area contributed by atoms with Gasteiger partial charge in [0, 0.05) is 26.2 Å². The fourth-order valence-corrected chi connectivity index (χ4v) is 2.17. The van der Waals surface area contributed by atoms with E-state index in [0.29, 0.717) is 11.1 Å². The number of anilines is 1. The fraction of sp³-hybridized carbons (Fsp3) is 0.700. The lowest BCUT2D eigenvalue weighted by Gasteiger charge is -2.31. The van der Waals surface area contributed by atoms with E-state index in [9.17, 15) is 0 Å². The van der Waals surface area contributed by atoms with Gasteiger partial charge in [-0.15, -0.1) is 0 Å². The maximum absolute atomic E-state index is 5.66. The van der Waals surface area contributed by atoms with Crippen molar-refractivity contribution in [3.63, 3.8) is 0 Å². The second-order valence-corrected chi connectivity index (χ2v) is 4.95. The van der Waals surface area contributed by atoms with Gasteiger partial charge in [-0.25, -0.2) is 4.98 Å². The van der Waals surface area contributed by atoms with Crippen molar-refractivity contribution in [2.45, 2.75) is 11.7 Å². The topological polar surface area (TPSA) is 71.2 Å². The number of nitrogens with two attached hydrogens (primary N) is 1. The van der Waals surface area contributed by atoms with E-state index in [4.69, 9.17) is 5.73 Å². The van der Waals surface area contributed by atoms with Crippen LogP contribution in [0.1, 0.15) is 5.82 Å². The lowest BCUT2D eigenvalue weighted by Crippen LogP contribution is -2.44. The summed E-state index contributed by atoms with van der Waals surface area (Å²) in [6, 6.07) is 0. The van der Waals surface area contributed by atoms with Crippen LogP contribution in [0.15, 0.2) is 5.16 Å². The molecule has 0 atom stereocenters. The average Bonchev–Trinajstić information content (AvgIpc) is 2.31. The van der Waals surface area contributed by atoms with Crippen molar-refractivity contribution < 1.29 is 0 Å². The Morgan fingerprint density at radius 3 is 2.53 bits per heavy atom. The molecule has 0 bridgehead atoms. The van der Waals surface area contributed by atoms with Gasteiger partial charge in [0.2, 0.25) is 5.95 Å². The first-order valence-corrected chi connectivity index (χ1v) is 6.85. The Morgan fingerprint density at radius 2 is 1.88 bits per heavy atom. The highest BCUT2D eigenvalue weighted by Gasteiger charge is 2.15. The van der Waals surface area contributed by atoms with E-state index in [1.54, 1.807) is 0 Å². The van der Waals surface area contributed by atoms with Crippen LogP contribution in [0.3, 0.4) is 0 Å². The molecule has 1 fully saturated rings. The smallest absolute Gasteiger partial charge is 0.224 e. The minimum atomic E-state index is 0.313. The molecule has 1 aromatic rings. The number of hydrogen-bond donors (Lipinski definition) is 1. The Labute approximate surface area is 106 Å². The zero-order chi connectivity index (χ0) is 12.3. The molecule has 1 saturated heterocycles. The molecule has 2 N–H and O–H groups in total. The maximum Gasteiger partial charge on any atom is 0.224 e. The normalized spacial score (nSPS) is 18.5. The summed E-state index contributed by atoms with van der Waals surface area (Å²) < 4.78 is 0. The predicted molar refractivity (Wildman–Crippen MR) is 68.8 cm³/mol. The van der Waals surface area contributed by atoms with Gasteiger partial charge in [-0.2, -0.15) is 9.97 Å². The number of thioether (sulfide) groups is 1. The van der Waals surface area contributed by atoms with Crippen molar-refractivity contribution in [2.75, 3.05) is 45.2 Å². The van der Waals surface area contributed by atoms with Gasteiger partial charge >= 0.3 is 0 Å². The molecular weight excluding hydrogens is 236 g/mol. The number of nitrogens with zero attached hydrogens (tertiary/aromatic N) is 5. The van der Waals surface area contributed by atoms with Crippen LogP contribution in [0.4, 0.5) is 5.95 Å². The standard InChI is InChI=1S/C10H18N6S/c1-15-3-5-16(6-4-15)7-8-12-9(11)14-10(13-8)17-2/h3-7H2,1-2H3,(H2,11,12,13,14). The van der Waals surface area contributed by atoms with Crippen LogP contribution in [0, 0.1) is 0 Å². The fourth-order valence-electron chi connectivity index (χ4n) is 1.78. The predicted octanol–water partition coefficient (Wildman–Crippen LogP) is -0.0769. The van der Waals surface area contributed by atoms with Gasteiger partial charge in [0.05, 0.1) is 6.54 Å². The molecule has 0 radical (unpaired) electrons. The van der Waals surface area contributed by atoms with Crippen LogP contribution >= 0.6 is 11.8 Å². The molecule has 0 unspecified atom stereocenters. The Hall–Kier alpha value is -0.920. The molecule has 2 heterocycles. The largest absolute Gasteiger partial charge is 0.368 e. The monoisotopic (exact) mass is 254 g/mol. The minimum Gasteiger partial charge on any atom is -0.368 e. The molecule has 0 spiro atoms. The van der Waals surface area contributed by atoms with Crippen molar-refractivity contribution in [1.82, 2.24) is 24.8 Å². The van der Waals surface area contributed by atoms with E-state index in [-0.39, 0.29) is 0 Å². The summed E-state index contributed by atoms with van der Waals surface area (Å²) >= 11 is 1.49. The summed E-state index contributed by atoms with van der Waals surface area (Å²) in [7, 11) is 2.14. The number of rotatable bonds is 3. The van der Waals surface area contributed by atoms with Crippen molar-refractivity contribution >= 4 is 17.7 Å². The molecule has 1 aromatic heterocycles. The third-order valence-corrected chi connectivity index (χ3v) is 3.37. The Kier molecular flexibility index (Phi) is 4.14. The second kappa shape index (κ2) is 5.61. The molecule has 1 aliphatic heterocycles. The third kappa shape index (κ3) is 3.52. The lowest BCUT2D eigenvalue weighted by molar-refractivity contribution is 0.145. The number of piperazine rings is 1. The van der Waals surface area contributed by atoms with Crippen molar-refractivity contribution in [2.24, 2.45) is 0 Å². The third-order valence-electron chi connectivity index (χ3n) is 2.82. The summed E-state index contributed by atoms with van der Waals surface area (Å²) in [5.41, 5.74) is 5.66. The molecular formula is C10H18N6S. The number of nitrogen functional groups attached to an aromatic ring is 1. The first-order chi connectivity index (χ1) is 8.17. The summed E-state index contributed by atoms with van der Waals surface area (Å²) in [4.78, 5) is 17.3. The molecule has 17 heavy (non-hydrogen) atoms. The Morgan fingerprint density at radius 1 is 1.18 bits per heavy atom. The highest BCUT2D eigenvalue weighted by molar-refractivity contribution is 7.98. The number of likely N-dealkylation sites (N-methyl/N-ethyl adjacent to an activating group) is 1. The van der Waals surface area contributed by atoms with E-state index < -0.39 is 0 Å². The van der Waals surface area contributed by atoms with E-state index in [1.807, 2.05) is 6.26 Å². The molecule has 94 valence electrons. The SMILES string of the molecule is CSc1nc(N)nc(CN2CCN(C)CC2)n1. The highest BCUT2D eigenvalue weighted by Crippen LogP contribution is 2.11. The van der Waals surface area contributed by atoms with E-state index in [1.165, 1.54) is 11.8 Å². The van der Waals surface area contributed by atoms with Crippen LogP contribution in [-0.2, 0) is 6.54 Å². The van der Waals surface area contributed by atoms with Gasteiger partial charge in [-0.1, -0.05) is 11.8 Å². The van der Waals surface area contributed by atoms with Crippen LogP contribution in [0.2, 0.25) is 0 Å². The Balaban J connectivity index is 2.00. The number of hydrogen-bond acceptors (Lipinski definition) is 7. The minimum absolute atomic E-state index is 0.313. The Bertz CT molecular complexity index is 377. The van der Waals surface area contributed by atoms with Gasteiger partial charge in [0.1, 0.15) is 5.82 Å². The first kappa shape index (κ1) is 12.5. The van der Waals surface area contributed by atoms with E-state index >= 15 is 0 Å². The van der Waals surface area contributed by atoms with Crippen LogP contribution in [0.25, 0.3) is 0 Å². The highest BCUT2D eigenvalue weighted by atomic mass is 32.2. The zero-order valence-corrected chi connectivity index (χ0v) is 11.1. The van der Waals surface area contributed by atoms with Crippen molar-refractivity contribution in [1.29, 1.82) is 0 Å². The van der Waals surface area contributed by atoms with Gasteiger partial charge in [0.15, 0.2) is 5.16 Å². The van der Waals surface area contributed by atoms with Gasteiger partial charge in [0.25, 0.3) is 0 Å². The summed E-state index contributed by atoms with van der Waals surface area (Å²) in [5.74, 6) is 1.08. The van der Waals surface area contributed by atoms with Gasteiger partial charge in [-0.05, 0) is 13.3 Å². The number of aromatic nitrogens is 3. The van der Waals surface area contributed by atoms with E-state index in [2.05, 4.69) is 31.8 Å². The average molecular weight is 254 g/mol. The first-order valence-electron chi connectivity index (χ1n) is 5.62. The summed E-state index contributed by atoms with van der Waals surface area (Å²) in [6.07, 6.45) is 1.94. The molecule has 2 rings (SSSR count). The van der Waals surface area contributed by atoms with Crippen LogP contribution in [0.5, 0.6) is 0 Å². The molecule has 0 aliphatic carbocycles. The molecule has 0 amide bonds. The van der Waals surface area contributed by atoms with Gasteiger partial charge in [-0.3, -0.25) is 4.90 Å². The molecule has 7 heteroatoms. The van der Waals surface area contributed by atoms with Crippen molar-refractivity contribution in [3.8, 4) is 0 Å². The zero-order valence-electron chi connectivity index (χ0n) is 10.3. The molecule has 0 aromatic carbocycles.